The van der Waals surface area contributed by atoms with Crippen molar-refractivity contribution >= 4 is 11.6 Å². The standard InChI is InChI=1S/C17H19FN2O/c1-12(14-6-4-3-5-7-14)19-13(2)17(21)20-16-10-8-15(18)9-11-16/h3-13,19H,1-2H3,(H,20,21)/t12-,13-/m0/s1. The Morgan fingerprint density at radius 1 is 1.00 bits per heavy atom. The number of amides is 1. The Morgan fingerprint density at radius 3 is 2.24 bits per heavy atom. The summed E-state index contributed by atoms with van der Waals surface area (Å²) in [7, 11) is 0. The van der Waals surface area contributed by atoms with Gasteiger partial charge in [-0.15, -0.1) is 0 Å². The van der Waals surface area contributed by atoms with Crippen molar-refractivity contribution in [3.63, 3.8) is 0 Å². The number of rotatable bonds is 5. The van der Waals surface area contributed by atoms with Crippen LogP contribution in [0, 0.1) is 5.82 Å². The van der Waals surface area contributed by atoms with Gasteiger partial charge in [0.15, 0.2) is 0 Å². The molecule has 0 bridgehead atoms. The van der Waals surface area contributed by atoms with Crippen molar-refractivity contribution in [2.75, 3.05) is 5.32 Å². The molecule has 0 heterocycles. The van der Waals surface area contributed by atoms with Gasteiger partial charge in [-0.1, -0.05) is 30.3 Å². The molecule has 2 N–H and O–H groups in total. The zero-order chi connectivity index (χ0) is 15.2. The molecule has 0 saturated carbocycles. The van der Waals surface area contributed by atoms with Crippen molar-refractivity contribution in [2.45, 2.75) is 25.9 Å². The second-order valence-corrected chi connectivity index (χ2v) is 5.02. The van der Waals surface area contributed by atoms with E-state index in [9.17, 15) is 9.18 Å². The van der Waals surface area contributed by atoms with Gasteiger partial charge in [0.25, 0.3) is 0 Å². The van der Waals surface area contributed by atoms with Crippen LogP contribution < -0.4 is 10.6 Å². The van der Waals surface area contributed by atoms with Gasteiger partial charge in [0.05, 0.1) is 6.04 Å². The Kier molecular flexibility index (Phi) is 5.06. The van der Waals surface area contributed by atoms with Crippen molar-refractivity contribution in [3.8, 4) is 0 Å². The van der Waals surface area contributed by atoms with Crippen LogP contribution in [0.25, 0.3) is 0 Å². The zero-order valence-electron chi connectivity index (χ0n) is 12.1. The van der Waals surface area contributed by atoms with Crippen molar-refractivity contribution in [2.24, 2.45) is 0 Å². The Hall–Kier alpha value is -2.20. The number of hydrogen-bond donors (Lipinski definition) is 2. The second kappa shape index (κ2) is 6.99. The Bertz CT molecular complexity index is 583. The molecular weight excluding hydrogens is 267 g/mol. The van der Waals surface area contributed by atoms with Gasteiger partial charge in [0.1, 0.15) is 5.82 Å². The molecule has 0 aliphatic heterocycles. The highest BCUT2D eigenvalue weighted by atomic mass is 19.1. The summed E-state index contributed by atoms with van der Waals surface area (Å²) in [5.41, 5.74) is 1.71. The van der Waals surface area contributed by atoms with Crippen LogP contribution >= 0.6 is 0 Å². The molecule has 0 saturated heterocycles. The second-order valence-electron chi connectivity index (χ2n) is 5.02. The van der Waals surface area contributed by atoms with Gasteiger partial charge in [-0.3, -0.25) is 10.1 Å². The first-order valence-corrected chi connectivity index (χ1v) is 6.93. The molecule has 0 aromatic heterocycles. The highest BCUT2D eigenvalue weighted by molar-refractivity contribution is 5.94. The largest absolute Gasteiger partial charge is 0.325 e. The molecule has 4 heteroatoms. The molecule has 110 valence electrons. The topological polar surface area (TPSA) is 41.1 Å². The van der Waals surface area contributed by atoms with Crippen LogP contribution in [0.5, 0.6) is 0 Å². The van der Waals surface area contributed by atoms with E-state index in [1.165, 1.54) is 12.1 Å². The van der Waals surface area contributed by atoms with E-state index in [1.807, 2.05) is 37.3 Å². The molecule has 2 aromatic carbocycles. The van der Waals surface area contributed by atoms with Crippen LogP contribution in [0.1, 0.15) is 25.5 Å². The van der Waals surface area contributed by atoms with Crippen molar-refractivity contribution in [1.29, 1.82) is 0 Å². The molecular formula is C17H19FN2O. The number of carbonyl (C=O) groups excluding carboxylic acids is 1. The smallest absolute Gasteiger partial charge is 0.241 e. The minimum atomic E-state index is -0.356. The Labute approximate surface area is 124 Å². The molecule has 0 unspecified atom stereocenters. The summed E-state index contributed by atoms with van der Waals surface area (Å²) in [6.45, 7) is 3.81. The fraction of sp³-hybridized carbons (Fsp3) is 0.235. The monoisotopic (exact) mass is 286 g/mol. The first-order valence-electron chi connectivity index (χ1n) is 6.93. The molecule has 2 aromatic rings. The average molecular weight is 286 g/mol. The SMILES string of the molecule is C[C@H](N[C@@H](C)c1ccccc1)C(=O)Nc1ccc(F)cc1. The average Bonchev–Trinajstić information content (AvgIpc) is 2.50. The maximum Gasteiger partial charge on any atom is 0.241 e. The fourth-order valence-corrected chi connectivity index (χ4v) is 2.07. The number of carbonyl (C=O) groups is 1. The molecule has 0 spiro atoms. The summed E-state index contributed by atoms with van der Waals surface area (Å²) < 4.78 is 12.8. The van der Waals surface area contributed by atoms with Gasteiger partial charge in [-0.2, -0.15) is 0 Å². The van der Waals surface area contributed by atoms with Crippen molar-refractivity contribution in [3.05, 3.63) is 66.0 Å². The Balaban J connectivity index is 1.92. The molecule has 0 aliphatic carbocycles. The van der Waals surface area contributed by atoms with Gasteiger partial charge >= 0.3 is 0 Å². The van der Waals surface area contributed by atoms with E-state index >= 15 is 0 Å². The van der Waals surface area contributed by atoms with Gasteiger partial charge < -0.3 is 5.32 Å². The molecule has 1 amide bonds. The molecule has 0 radical (unpaired) electrons. The van der Waals surface area contributed by atoms with Crippen LogP contribution in [-0.4, -0.2) is 11.9 Å². The van der Waals surface area contributed by atoms with E-state index in [1.54, 1.807) is 19.1 Å². The highest BCUT2D eigenvalue weighted by Crippen LogP contribution is 2.13. The third-order valence-corrected chi connectivity index (χ3v) is 3.30. The van der Waals surface area contributed by atoms with E-state index in [0.29, 0.717) is 5.69 Å². The number of anilines is 1. The van der Waals surface area contributed by atoms with Crippen molar-refractivity contribution in [1.82, 2.24) is 5.32 Å². The summed E-state index contributed by atoms with van der Waals surface area (Å²) >= 11 is 0. The van der Waals surface area contributed by atoms with E-state index in [2.05, 4.69) is 10.6 Å². The van der Waals surface area contributed by atoms with Gasteiger partial charge in [0, 0.05) is 11.7 Å². The third kappa shape index (κ3) is 4.39. The lowest BCUT2D eigenvalue weighted by molar-refractivity contribution is -0.117. The lowest BCUT2D eigenvalue weighted by Gasteiger charge is -2.20. The maximum absolute atomic E-state index is 12.8. The lowest BCUT2D eigenvalue weighted by atomic mass is 10.1. The first-order chi connectivity index (χ1) is 10.1. The van der Waals surface area contributed by atoms with Crippen LogP contribution in [0.3, 0.4) is 0 Å². The van der Waals surface area contributed by atoms with Gasteiger partial charge in [-0.05, 0) is 43.7 Å². The molecule has 3 nitrogen and oxygen atoms in total. The summed E-state index contributed by atoms with van der Waals surface area (Å²) in [5, 5.41) is 6.00. The highest BCUT2D eigenvalue weighted by Gasteiger charge is 2.16. The Morgan fingerprint density at radius 2 is 1.62 bits per heavy atom. The van der Waals surface area contributed by atoms with Crippen LogP contribution in [0.15, 0.2) is 54.6 Å². The quantitative estimate of drug-likeness (QED) is 0.883. The predicted molar refractivity (Wildman–Crippen MR) is 82.5 cm³/mol. The number of hydrogen-bond acceptors (Lipinski definition) is 2. The third-order valence-electron chi connectivity index (χ3n) is 3.30. The maximum atomic E-state index is 12.8. The fourth-order valence-electron chi connectivity index (χ4n) is 2.07. The zero-order valence-corrected chi connectivity index (χ0v) is 12.1. The molecule has 2 atom stereocenters. The lowest BCUT2D eigenvalue weighted by Crippen LogP contribution is -2.39. The summed E-state index contributed by atoms with van der Waals surface area (Å²) in [6, 6.07) is 15.4. The van der Waals surface area contributed by atoms with E-state index in [0.717, 1.165) is 5.56 Å². The van der Waals surface area contributed by atoms with E-state index < -0.39 is 0 Å². The number of nitrogens with one attached hydrogen (secondary N) is 2. The van der Waals surface area contributed by atoms with E-state index in [4.69, 9.17) is 0 Å². The normalized spacial score (nSPS) is 13.5. The minimum absolute atomic E-state index is 0.0696. The van der Waals surface area contributed by atoms with Crippen LogP contribution in [0.4, 0.5) is 10.1 Å². The first kappa shape index (κ1) is 15.2. The van der Waals surface area contributed by atoms with Crippen LogP contribution in [-0.2, 0) is 4.79 Å². The molecule has 0 fully saturated rings. The van der Waals surface area contributed by atoms with Gasteiger partial charge in [-0.25, -0.2) is 4.39 Å². The van der Waals surface area contributed by atoms with Crippen molar-refractivity contribution < 1.29 is 9.18 Å². The van der Waals surface area contributed by atoms with Crippen LogP contribution in [0.2, 0.25) is 0 Å². The molecule has 21 heavy (non-hydrogen) atoms. The van der Waals surface area contributed by atoms with Gasteiger partial charge in [0.2, 0.25) is 5.91 Å². The summed E-state index contributed by atoms with van der Waals surface area (Å²) in [5.74, 6) is -0.471. The molecule has 2 rings (SSSR count). The predicted octanol–water partition coefficient (Wildman–Crippen LogP) is 3.50. The summed E-state index contributed by atoms with van der Waals surface area (Å²) in [4.78, 5) is 12.1. The number of halogens is 1. The van der Waals surface area contributed by atoms with E-state index in [-0.39, 0.29) is 23.8 Å². The number of benzene rings is 2. The minimum Gasteiger partial charge on any atom is -0.325 e. The summed E-state index contributed by atoms with van der Waals surface area (Å²) in [6.07, 6.45) is 0. The molecule has 0 aliphatic rings.